The van der Waals surface area contributed by atoms with E-state index in [0.717, 1.165) is 41.9 Å². The van der Waals surface area contributed by atoms with Crippen LogP contribution in [0.15, 0.2) is 58.7 Å². The molecule has 2 fully saturated rings. The molecule has 1 unspecified atom stereocenters. The Morgan fingerprint density at radius 3 is 2.55 bits per heavy atom. The number of carbonyl (C=O) groups excluding carboxylic acids is 2. The molecule has 60 heavy (non-hydrogen) atoms. The van der Waals surface area contributed by atoms with Gasteiger partial charge in [-0.1, -0.05) is 6.07 Å². The molecular weight excluding hydrogens is 803 g/mol. The van der Waals surface area contributed by atoms with Crippen molar-refractivity contribution >= 4 is 50.2 Å². The highest BCUT2D eigenvalue weighted by Crippen LogP contribution is 2.34. The summed E-state index contributed by atoms with van der Waals surface area (Å²) in [6.45, 7) is 5.87. The lowest BCUT2D eigenvalue weighted by Gasteiger charge is -2.32. The van der Waals surface area contributed by atoms with Crippen molar-refractivity contribution in [1.82, 2.24) is 53.4 Å². The van der Waals surface area contributed by atoms with Gasteiger partial charge in [0, 0.05) is 44.9 Å². The molecule has 2 saturated heterocycles. The number of imidazole rings is 1. The first-order valence-electron chi connectivity index (χ1n) is 19.6. The van der Waals surface area contributed by atoms with Crippen LogP contribution in [0.4, 0.5) is 20.4 Å². The maximum Gasteiger partial charge on any atom is 0.329 e. The van der Waals surface area contributed by atoms with Gasteiger partial charge in [-0.3, -0.25) is 29.1 Å². The number of hydrogen-bond donors (Lipinski definition) is 3. The first-order valence-corrected chi connectivity index (χ1v) is 21.0. The molecule has 1 atom stereocenters. The number of aryl methyl sites for hydroxylation is 1. The number of aromatic amines is 1. The third-order valence-electron chi connectivity index (χ3n) is 11.1. The number of H-pyrrole nitrogens is 1. The van der Waals surface area contributed by atoms with Crippen molar-refractivity contribution in [2.75, 3.05) is 38.5 Å². The van der Waals surface area contributed by atoms with E-state index in [9.17, 15) is 22.8 Å². The van der Waals surface area contributed by atoms with Crippen molar-refractivity contribution in [2.45, 2.75) is 68.9 Å². The van der Waals surface area contributed by atoms with Gasteiger partial charge in [0.1, 0.15) is 34.6 Å². The summed E-state index contributed by atoms with van der Waals surface area (Å²) in [6.07, 6.45) is 6.94. The Morgan fingerprint density at radius 1 is 1.05 bits per heavy atom. The lowest BCUT2D eigenvalue weighted by Crippen LogP contribution is -2.44. The Balaban J connectivity index is 0.875. The molecule has 2 aliphatic heterocycles. The van der Waals surface area contributed by atoms with Crippen molar-refractivity contribution in [1.29, 1.82) is 0 Å². The molecule has 2 aromatic carbocycles. The molecule has 0 bridgehead atoms. The monoisotopic (exact) mass is 846 g/mol. The highest BCUT2D eigenvalue weighted by Gasteiger charge is 2.32. The predicted molar refractivity (Wildman–Crippen MR) is 215 cm³/mol. The summed E-state index contributed by atoms with van der Waals surface area (Å²) in [6, 6.07) is 6.51. The second-order valence-electron chi connectivity index (χ2n) is 15.4. The van der Waals surface area contributed by atoms with Gasteiger partial charge in [-0.15, -0.1) is 5.10 Å². The van der Waals surface area contributed by atoms with Crippen LogP contribution in [0.25, 0.3) is 27.9 Å². The number of sulfonamides is 1. The van der Waals surface area contributed by atoms with Gasteiger partial charge >= 0.3 is 5.69 Å². The quantitative estimate of drug-likeness (QED) is 0.142. The van der Waals surface area contributed by atoms with Crippen LogP contribution in [0.5, 0.6) is 5.75 Å². The lowest BCUT2D eigenvalue weighted by molar-refractivity contribution is -0.135. The number of ether oxygens (including phenoxy) is 1. The minimum absolute atomic E-state index is 0.0823. The van der Waals surface area contributed by atoms with Gasteiger partial charge < -0.3 is 15.0 Å². The Hall–Kier alpha value is -6.06. The van der Waals surface area contributed by atoms with Gasteiger partial charge in [0.05, 0.1) is 29.0 Å². The molecule has 2 amide bonds. The van der Waals surface area contributed by atoms with Crippen LogP contribution in [0.1, 0.15) is 63.5 Å². The Kier molecular flexibility index (Phi) is 11.0. The normalized spacial score (nSPS) is 17.0. The summed E-state index contributed by atoms with van der Waals surface area (Å²) in [5.74, 6) is -2.54. The number of aromatic nitrogens is 8. The van der Waals surface area contributed by atoms with Crippen LogP contribution in [0.2, 0.25) is 0 Å². The highest BCUT2D eigenvalue weighted by atomic mass is 32.2. The first-order chi connectivity index (χ1) is 28.7. The molecule has 3 N–H and O–H groups in total. The van der Waals surface area contributed by atoms with Gasteiger partial charge in [-0.25, -0.2) is 31.3 Å². The SMILES string of the molecule is CC(C)Oc1c(-c2cn[nH]c2)ncn2nc(Nc3cc(F)c(S(=O)(=O)N(C)CCCN4CCC(c5ccc6c(c5)n(C)c(=O)n6C5CCC(=O)NC5=O)CC4)cc3F)nc12. The van der Waals surface area contributed by atoms with E-state index >= 15 is 8.78 Å². The molecule has 21 heteroatoms. The van der Waals surface area contributed by atoms with E-state index in [0.29, 0.717) is 47.1 Å². The second kappa shape index (κ2) is 16.2. The maximum atomic E-state index is 15.5. The molecule has 18 nitrogen and oxygen atoms in total. The summed E-state index contributed by atoms with van der Waals surface area (Å²) < 4.78 is 69.2. The molecule has 6 heterocycles. The van der Waals surface area contributed by atoms with Gasteiger partial charge in [0.15, 0.2) is 5.75 Å². The van der Waals surface area contributed by atoms with E-state index in [2.05, 4.69) is 40.8 Å². The van der Waals surface area contributed by atoms with E-state index in [1.165, 1.54) is 27.0 Å². The number of benzene rings is 2. The van der Waals surface area contributed by atoms with Crippen LogP contribution < -0.4 is 21.1 Å². The number of anilines is 2. The van der Waals surface area contributed by atoms with Crippen molar-refractivity contribution < 1.29 is 31.5 Å². The standard InChI is InChI=1S/C39H44F2N12O6S/c1-22(2)59-35-34(25-19-43-44-20-25)42-21-52-36(35)47-38(48-52)45-28-17-27(41)32(18-26(28)40)60(57,58)49(3)12-5-13-51-14-10-23(11-15-51)24-6-7-29-31(16-24)50(4)39(56)53(29)30-8-9-33(54)46-37(30)55/h6-7,16-23,30H,5,8-15H2,1-4H3,(H,43,44)(H,45,48)(H,46,54,55). The number of carbonyl (C=O) groups is 2. The highest BCUT2D eigenvalue weighted by molar-refractivity contribution is 7.89. The fourth-order valence-corrected chi connectivity index (χ4v) is 9.18. The van der Waals surface area contributed by atoms with Crippen LogP contribution in [0.3, 0.4) is 0 Å². The summed E-state index contributed by atoms with van der Waals surface area (Å²) in [7, 11) is -1.38. The second-order valence-corrected chi connectivity index (χ2v) is 17.4. The Labute approximate surface area is 342 Å². The molecule has 8 rings (SSSR count). The van der Waals surface area contributed by atoms with E-state index in [1.807, 2.05) is 32.0 Å². The molecule has 4 aromatic heterocycles. The minimum Gasteiger partial charge on any atom is -0.485 e. The molecule has 0 radical (unpaired) electrons. The van der Waals surface area contributed by atoms with Crippen molar-refractivity contribution in [3.63, 3.8) is 0 Å². The van der Waals surface area contributed by atoms with Crippen LogP contribution in [-0.2, 0) is 26.7 Å². The van der Waals surface area contributed by atoms with Crippen LogP contribution in [0, 0.1) is 11.6 Å². The van der Waals surface area contributed by atoms with Gasteiger partial charge in [0.25, 0.3) is 0 Å². The number of nitrogens with one attached hydrogen (secondary N) is 3. The first kappa shape index (κ1) is 40.7. The largest absolute Gasteiger partial charge is 0.485 e. The number of halogens is 2. The number of fused-ring (bicyclic) bond motifs is 2. The molecule has 316 valence electrons. The maximum absolute atomic E-state index is 15.5. The van der Waals surface area contributed by atoms with Gasteiger partial charge in [-0.05, 0) is 88.8 Å². The number of amides is 2. The zero-order valence-electron chi connectivity index (χ0n) is 33.4. The molecular formula is C39H44F2N12O6S. The third kappa shape index (κ3) is 7.74. The van der Waals surface area contributed by atoms with Gasteiger partial charge in [0.2, 0.25) is 33.4 Å². The topological polar surface area (TPSA) is 207 Å². The average molecular weight is 847 g/mol. The number of hydrogen-bond acceptors (Lipinski definition) is 12. The number of piperidine rings is 2. The van der Waals surface area contributed by atoms with Crippen LogP contribution in [-0.4, -0.2) is 108 Å². The fourth-order valence-electron chi connectivity index (χ4n) is 7.92. The van der Waals surface area contributed by atoms with Crippen molar-refractivity contribution in [2.24, 2.45) is 7.05 Å². The van der Waals surface area contributed by atoms with E-state index in [-0.39, 0.29) is 60.3 Å². The molecule has 6 aromatic rings. The summed E-state index contributed by atoms with van der Waals surface area (Å²) in [5, 5.41) is 15.9. The number of likely N-dealkylation sites (tertiary alicyclic amines) is 1. The van der Waals surface area contributed by atoms with Crippen molar-refractivity contribution in [3.05, 3.63) is 76.7 Å². The average Bonchev–Trinajstić information content (AvgIpc) is 3.95. The zero-order chi connectivity index (χ0) is 42.5. The molecule has 0 saturated carbocycles. The number of nitrogens with zero attached hydrogens (tertiary/aromatic N) is 9. The zero-order valence-corrected chi connectivity index (χ0v) is 34.2. The van der Waals surface area contributed by atoms with E-state index in [4.69, 9.17) is 4.74 Å². The van der Waals surface area contributed by atoms with Crippen molar-refractivity contribution in [3.8, 4) is 17.0 Å². The third-order valence-corrected chi connectivity index (χ3v) is 12.9. The molecule has 0 spiro atoms. The minimum atomic E-state index is -4.39. The van der Waals surface area contributed by atoms with E-state index in [1.54, 1.807) is 19.4 Å². The number of rotatable bonds is 13. The summed E-state index contributed by atoms with van der Waals surface area (Å²) in [5.41, 5.74) is 3.11. The molecule has 0 aliphatic carbocycles. The molecule has 2 aliphatic rings. The smallest absolute Gasteiger partial charge is 0.329 e. The Bertz CT molecular complexity index is 2780. The fraction of sp³-hybridized carbons (Fsp3) is 0.410. The Morgan fingerprint density at radius 2 is 1.83 bits per heavy atom. The summed E-state index contributed by atoms with van der Waals surface area (Å²) >= 11 is 0. The van der Waals surface area contributed by atoms with Crippen LogP contribution >= 0.6 is 0 Å². The summed E-state index contributed by atoms with van der Waals surface area (Å²) in [4.78, 5) is 47.7. The lowest BCUT2D eigenvalue weighted by atomic mass is 9.89. The van der Waals surface area contributed by atoms with Gasteiger partial charge in [-0.2, -0.15) is 14.6 Å². The predicted octanol–water partition coefficient (Wildman–Crippen LogP) is 3.84. The number of imide groups is 1. The van der Waals surface area contributed by atoms with E-state index < -0.39 is 38.5 Å².